The van der Waals surface area contributed by atoms with Gasteiger partial charge in [-0.1, -0.05) is 26.0 Å². The van der Waals surface area contributed by atoms with Crippen molar-refractivity contribution in [1.82, 2.24) is 10.0 Å². The highest BCUT2D eigenvalue weighted by Crippen LogP contribution is 2.15. The molecule has 1 aromatic rings. The molecule has 23 heavy (non-hydrogen) atoms. The molecule has 0 spiro atoms. The van der Waals surface area contributed by atoms with Gasteiger partial charge in [0.2, 0.25) is 10.0 Å². The van der Waals surface area contributed by atoms with E-state index in [0.29, 0.717) is 12.1 Å². The molecule has 0 aliphatic heterocycles. The fraction of sp³-hybridized carbons (Fsp3) is 0.562. The average molecular weight is 341 g/mol. The molecule has 1 amide bonds. The highest BCUT2D eigenvalue weighted by atomic mass is 32.2. The van der Waals surface area contributed by atoms with Crippen LogP contribution in [-0.2, 0) is 16.6 Å². The molecular weight excluding hydrogens is 314 g/mol. The van der Waals surface area contributed by atoms with E-state index in [-0.39, 0.29) is 23.7 Å². The van der Waals surface area contributed by atoms with Crippen molar-refractivity contribution in [1.29, 1.82) is 0 Å². The third kappa shape index (κ3) is 5.60. The van der Waals surface area contributed by atoms with Gasteiger partial charge in [0.15, 0.2) is 0 Å². The fourth-order valence-corrected chi connectivity index (χ4v) is 2.74. The monoisotopic (exact) mass is 341 g/mol. The largest absolute Gasteiger partial charge is 0.345 e. The van der Waals surface area contributed by atoms with Gasteiger partial charge in [0.05, 0.1) is 11.3 Å². The molecule has 0 aromatic heterocycles. The van der Waals surface area contributed by atoms with Crippen LogP contribution in [-0.4, -0.2) is 32.2 Å². The maximum Gasteiger partial charge on any atom is 0.251 e. The minimum absolute atomic E-state index is 0.0443. The summed E-state index contributed by atoms with van der Waals surface area (Å²) in [6.45, 7) is 6.19. The molecule has 6 nitrogen and oxygen atoms in total. The van der Waals surface area contributed by atoms with Crippen LogP contribution in [0.5, 0.6) is 0 Å². The minimum Gasteiger partial charge on any atom is -0.345 e. The van der Waals surface area contributed by atoms with E-state index in [1.165, 1.54) is 0 Å². The molecule has 0 bridgehead atoms. The van der Waals surface area contributed by atoms with Crippen molar-refractivity contribution >= 4 is 15.9 Å². The number of nitrogens with two attached hydrogens (primary N) is 1. The maximum absolute atomic E-state index is 12.3. The maximum atomic E-state index is 12.3. The first-order valence-electron chi connectivity index (χ1n) is 7.90. The van der Waals surface area contributed by atoms with Crippen LogP contribution in [0.4, 0.5) is 0 Å². The summed E-state index contributed by atoms with van der Waals surface area (Å²) >= 11 is 0. The topological polar surface area (TPSA) is 101 Å². The van der Waals surface area contributed by atoms with E-state index in [9.17, 15) is 13.2 Å². The lowest BCUT2D eigenvalue weighted by atomic mass is 9.92. The molecule has 0 saturated carbocycles. The van der Waals surface area contributed by atoms with Crippen LogP contribution in [0, 0.1) is 0 Å². The molecule has 0 heterocycles. The second-order valence-corrected chi connectivity index (χ2v) is 7.66. The second kappa shape index (κ2) is 8.42. The van der Waals surface area contributed by atoms with E-state index < -0.39 is 10.0 Å². The number of sulfonamides is 1. The Bertz CT molecular complexity index is 600. The Kier molecular flexibility index (Phi) is 7.18. The van der Waals surface area contributed by atoms with Crippen LogP contribution in [0.25, 0.3) is 0 Å². The van der Waals surface area contributed by atoms with Gasteiger partial charge in [0.1, 0.15) is 0 Å². The summed E-state index contributed by atoms with van der Waals surface area (Å²) in [5.74, 6) is -0.122. The molecule has 0 radical (unpaired) electrons. The Morgan fingerprint density at radius 2 is 1.70 bits per heavy atom. The lowest BCUT2D eigenvalue weighted by molar-refractivity contribution is 0.0895. The van der Waals surface area contributed by atoms with E-state index >= 15 is 0 Å². The van der Waals surface area contributed by atoms with Crippen molar-refractivity contribution in [2.45, 2.75) is 45.7 Å². The zero-order valence-electron chi connectivity index (χ0n) is 14.1. The molecule has 4 N–H and O–H groups in total. The Balaban J connectivity index is 2.74. The number of nitrogens with one attached hydrogen (secondary N) is 2. The van der Waals surface area contributed by atoms with E-state index in [1.807, 2.05) is 13.8 Å². The first-order valence-corrected chi connectivity index (χ1v) is 9.55. The molecule has 0 unspecified atom stereocenters. The van der Waals surface area contributed by atoms with E-state index in [0.717, 1.165) is 18.4 Å². The molecule has 7 heteroatoms. The number of hydrogen-bond acceptors (Lipinski definition) is 4. The molecule has 0 fully saturated rings. The first kappa shape index (κ1) is 19.6. The molecule has 1 aromatic carbocycles. The van der Waals surface area contributed by atoms with Gasteiger partial charge in [0.25, 0.3) is 5.91 Å². The van der Waals surface area contributed by atoms with Crippen molar-refractivity contribution in [2.24, 2.45) is 5.73 Å². The summed E-state index contributed by atoms with van der Waals surface area (Å²) in [4.78, 5) is 12.3. The number of hydrogen-bond donors (Lipinski definition) is 3. The molecule has 0 aliphatic carbocycles. The summed E-state index contributed by atoms with van der Waals surface area (Å²) < 4.78 is 25.3. The SMILES string of the molecule is CCC(CC)(CN)NC(=O)c1ccc(CNS(=O)(=O)CC)cc1. The van der Waals surface area contributed by atoms with Crippen LogP contribution in [0.1, 0.15) is 49.5 Å². The zero-order valence-corrected chi connectivity index (χ0v) is 14.9. The van der Waals surface area contributed by atoms with Crippen LogP contribution in [0.3, 0.4) is 0 Å². The van der Waals surface area contributed by atoms with Crippen molar-refractivity contribution in [3.8, 4) is 0 Å². The normalized spacial score (nSPS) is 12.2. The number of rotatable bonds is 9. The number of carbonyl (C=O) groups excluding carboxylic acids is 1. The number of carbonyl (C=O) groups is 1. The lowest BCUT2D eigenvalue weighted by Crippen LogP contribution is -2.52. The third-order valence-corrected chi connectivity index (χ3v) is 5.56. The molecule has 0 aliphatic rings. The van der Waals surface area contributed by atoms with E-state index in [1.54, 1.807) is 31.2 Å². The summed E-state index contributed by atoms with van der Waals surface area (Å²) in [5, 5.41) is 3.01. The number of amides is 1. The quantitative estimate of drug-likeness (QED) is 0.631. The van der Waals surface area contributed by atoms with Gasteiger partial charge >= 0.3 is 0 Å². The van der Waals surface area contributed by atoms with Gasteiger partial charge in [-0.05, 0) is 37.5 Å². The molecular formula is C16H27N3O3S. The number of benzene rings is 1. The standard InChI is InChI=1S/C16H27N3O3S/c1-4-16(5-2,12-17)19-15(20)14-9-7-13(8-10-14)11-18-23(21,22)6-3/h7-10,18H,4-6,11-12,17H2,1-3H3,(H,19,20). The predicted molar refractivity (Wildman–Crippen MR) is 92.6 cm³/mol. The van der Waals surface area contributed by atoms with Gasteiger partial charge < -0.3 is 11.1 Å². The van der Waals surface area contributed by atoms with Gasteiger partial charge in [0, 0.05) is 18.7 Å². The Morgan fingerprint density at radius 3 is 2.13 bits per heavy atom. The van der Waals surface area contributed by atoms with Crippen molar-refractivity contribution < 1.29 is 13.2 Å². The van der Waals surface area contributed by atoms with Crippen LogP contribution >= 0.6 is 0 Å². The van der Waals surface area contributed by atoms with Gasteiger partial charge in [-0.3, -0.25) is 4.79 Å². The minimum atomic E-state index is -3.22. The molecule has 130 valence electrons. The Labute approximate surface area is 138 Å². The molecule has 0 saturated heterocycles. The van der Waals surface area contributed by atoms with E-state index in [4.69, 9.17) is 5.73 Å². The van der Waals surface area contributed by atoms with Gasteiger partial charge in [-0.2, -0.15) is 0 Å². The lowest BCUT2D eigenvalue weighted by Gasteiger charge is -2.31. The van der Waals surface area contributed by atoms with Gasteiger partial charge in [-0.15, -0.1) is 0 Å². The second-order valence-electron chi connectivity index (χ2n) is 5.57. The van der Waals surface area contributed by atoms with Crippen molar-refractivity contribution in [3.05, 3.63) is 35.4 Å². The van der Waals surface area contributed by atoms with Gasteiger partial charge in [-0.25, -0.2) is 13.1 Å². The highest BCUT2D eigenvalue weighted by Gasteiger charge is 2.26. The first-order chi connectivity index (χ1) is 10.8. The smallest absolute Gasteiger partial charge is 0.251 e. The summed E-state index contributed by atoms with van der Waals surface area (Å²) in [7, 11) is -3.22. The fourth-order valence-electron chi connectivity index (χ4n) is 2.15. The molecule has 0 atom stereocenters. The average Bonchev–Trinajstić information content (AvgIpc) is 2.58. The van der Waals surface area contributed by atoms with Crippen LogP contribution < -0.4 is 15.8 Å². The summed E-state index contributed by atoms with van der Waals surface area (Å²) in [6.07, 6.45) is 1.53. The van der Waals surface area contributed by atoms with Crippen molar-refractivity contribution in [3.63, 3.8) is 0 Å². The van der Waals surface area contributed by atoms with E-state index in [2.05, 4.69) is 10.0 Å². The van der Waals surface area contributed by atoms with Crippen LogP contribution in [0.2, 0.25) is 0 Å². The zero-order chi connectivity index (χ0) is 17.5. The summed E-state index contributed by atoms with van der Waals surface area (Å²) in [6, 6.07) is 6.87. The summed E-state index contributed by atoms with van der Waals surface area (Å²) in [5.41, 5.74) is 6.75. The Hall–Kier alpha value is -1.44. The van der Waals surface area contributed by atoms with Crippen molar-refractivity contribution in [2.75, 3.05) is 12.3 Å². The highest BCUT2D eigenvalue weighted by molar-refractivity contribution is 7.89. The Morgan fingerprint density at radius 1 is 1.13 bits per heavy atom. The molecule has 1 rings (SSSR count). The van der Waals surface area contributed by atoms with Crippen LogP contribution in [0.15, 0.2) is 24.3 Å². The third-order valence-electron chi connectivity index (χ3n) is 4.22. The predicted octanol–water partition coefficient (Wildman–Crippen LogP) is 1.37.